The summed E-state index contributed by atoms with van der Waals surface area (Å²) in [5.41, 5.74) is 6.60. The number of aliphatic imine (C=N–C) groups is 1. The lowest BCUT2D eigenvalue weighted by atomic mass is 9.96. The lowest BCUT2D eigenvalue weighted by Crippen LogP contribution is -2.48. The Morgan fingerprint density at radius 3 is 2.81 bits per heavy atom. The fraction of sp³-hybridized carbons (Fsp3) is 0.533. The smallest absolute Gasteiger partial charge is 0.197 e. The average molecular weight is 305 g/mol. The van der Waals surface area contributed by atoms with Crippen molar-refractivity contribution < 1.29 is 0 Å². The molecule has 1 heterocycles. The Labute approximate surface area is 131 Å². The van der Waals surface area contributed by atoms with Gasteiger partial charge in [0.1, 0.15) is 0 Å². The van der Waals surface area contributed by atoms with Crippen molar-refractivity contribution in [1.29, 1.82) is 0 Å². The van der Waals surface area contributed by atoms with Gasteiger partial charge in [0.05, 0.1) is 0 Å². The summed E-state index contributed by atoms with van der Waals surface area (Å²) in [5.74, 6) is 0.685. The number of rotatable bonds is 4. The van der Waals surface area contributed by atoms with Gasteiger partial charge in [0.25, 0.3) is 0 Å². The zero-order chi connectivity index (χ0) is 14.9. The Hall–Kier alpha value is -1.69. The Kier molecular flexibility index (Phi) is 6.40. The molecule has 0 atom stereocenters. The predicted molar refractivity (Wildman–Crippen MR) is 90.2 cm³/mol. The third kappa shape index (κ3) is 6.08. The molecular weight excluding hydrogens is 282 g/mol. The first-order valence-electron chi connectivity index (χ1n) is 7.51. The highest BCUT2D eigenvalue weighted by molar-refractivity contribution is 7.80. The standard InChI is InChI=1S/C15H23N5S/c16-14(21)20-15(19-13-7-2-1-3-8-13)18-11-9-12-6-4-5-10-17-12/h4-6,10,13H,1-3,7-9,11H2,(H4,16,18,19,20,21). The molecule has 1 saturated carbocycles. The van der Waals surface area contributed by atoms with Gasteiger partial charge in [-0.05, 0) is 37.2 Å². The number of guanidine groups is 1. The van der Waals surface area contributed by atoms with Crippen LogP contribution in [0.2, 0.25) is 0 Å². The van der Waals surface area contributed by atoms with Crippen molar-refractivity contribution in [3.05, 3.63) is 30.1 Å². The molecule has 0 aromatic carbocycles. The number of pyridine rings is 1. The van der Waals surface area contributed by atoms with E-state index in [0.29, 0.717) is 18.5 Å². The molecular formula is C15H23N5S. The summed E-state index contributed by atoms with van der Waals surface area (Å²) in [6.45, 7) is 0.654. The van der Waals surface area contributed by atoms with Gasteiger partial charge in [0.15, 0.2) is 11.1 Å². The van der Waals surface area contributed by atoms with Crippen LogP contribution in [0.3, 0.4) is 0 Å². The summed E-state index contributed by atoms with van der Waals surface area (Å²) in [6.07, 6.45) is 8.82. The fourth-order valence-corrected chi connectivity index (χ4v) is 2.60. The number of hydrogen-bond acceptors (Lipinski definition) is 3. The molecule has 1 aliphatic carbocycles. The molecule has 0 spiro atoms. The van der Waals surface area contributed by atoms with Crippen molar-refractivity contribution in [3.8, 4) is 0 Å². The van der Waals surface area contributed by atoms with Gasteiger partial charge < -0.3 is 16.4 Å². The normalized spacial score (nSPS) is 16.5. The molecule has 1 aliphatic rings. The molecule has 5 nitrogen and oxygen atoms in total. The monoisotopic (exact) mass is 305 g/mol. The number of nitrogens with one attached hydrogen (secondary N) is 2. The van der Waals surface area contributed by atoms with E-state index in [4.69, 9.17) is 18.0 Å². The molecule has 0 saturated heterocycles. The Balaban J connectivity index is 1.87. The van der Waals surface area contributed by atoms with Gasteiger partial charge >= 0.3 is 0 Å². The second-order valence-corrected chi connectivity index (χ2v) is 5.71. The minimum atomic E-state index is 0.245. The fourth-order valence-electron chi connectivity index (χ4n) is 2.51. The van der Waals surface area contributed by atoms with Gasteiger partial charge in [-0.25, -0.2) is 0 Å². The highest BCUT2D eigenvalue weighted by atomic mass is 32.1. The van der Waals surface area contributed by atoms with Crippen LogP contribution in [0.15, 0.2) is 29.4 Å². The van der Waals surface area contributed by atoms with Crippen LogP contribution in [0.5, 0.6) is 0 Å². The van der Waals surface area contributed by atoms with Crippen LogP contribution >= 0.6 is 12.2 Å². The van der Waals surface area contributed by atoms with Gasteiger partial charge in [-0.15, -0.1) is 0 Å². The van der Waals surface area contributed by atoms with E-state index >= 15 is 0 Å². The van der Waals surface area contributed by atoms with Gasteiger partial charge in [-0.2, -0.15) is 0 Å². The highest BCUT2D eigenvalue weighted by Gasteiger charge is 2.14. The molecule has 1 fully saturated rings. The second-order valence-electron chi connectivity index (χ2n) is 5.27. The molecule has 1 aromatic heterocycles. The summed E-state index contributed by atoms with van der Waals surface area (Å²) in [5, 5.41) is 6.61. The topological polar surface area (TPSA) is 75.3 Å². The quantitative estimate of drug-likeness (QED) is 0.449. The van der Waals surface area contributed by atoms with Crippen molar-refractivity contribution >= 4 is 23.3 Å². The molecule has 2 rings (SSSR count). The van der Waals surface area contributed by atoms with Crippen molar-refractivity contribution in [2.45, 2.75) is 44.6 Å². The number of nitrogens with zero attached hydrogens (tertiary/aromatic N) is 2. The highest BCUT2D eigenvalue weighted by Crippen LogP contribution is 2.17. The molecule has 6 heteroatoms. The van der Waals surface area contributed by atoms with Crippen LogP contribution < -0.4 is 16.4 Å². The predicted octanol–water partition coefficient (Wildman–Crippen LogP) is 1.74. The summed E-state index contributed by atoms with van der Waals surface area (Å²) in [7, 11) is 0. The van der Waals surface area contributed by atoms with Crippen LogP contribution in [0, 0.1) is 0 Å². The maximum Gasteiger partial charge on any atom is 0.197 e. The number of nitrogens with two attached hydrogens (primary N) is 1. The number of aromatic nitrogens is 1. The van der Waals surface area contributed by atoms with Crippen LogP contribution in [-0.2, 0) is 6.42 Å². The first-order chi connectivity index (χ1) is 10.2. The minimum Gasteiger partial charge on any atom is -0.376 e. The second kappa shape index (κ2) is 8.56. The van der Waals surface area contributed by atoms with Gasteiger partial charge in [0, 0.05) is 30.9 Å². The number of thiocarbonyl (C=S) groups is 1. The summed E-state index contributed by atoms with van der Waals surface area (Å²) < 4.78 is 0. The van der Waals surface area contributed by atoms with E-state index in [9.17, 15) is 0 Å². The molecule has 0 unspecified atom stereocenters. The first kappa shape index (κ1) is 15.7. The van der Waals surface area contributed by atoms with E-state index in [1.165, 1.54) is 32.1 Å². The molecule has 114 valence electrons. The zero-order valence-corrected chi connectivity index (χ0v) is 13.0. The van der Waals surface area contributed by atoms with Crippen LogP contribution in [0.25, 0.3) is 0 Å². The van der Waals surface area contributed by atoms with Crippen LogP contribution in [0.1, 0.15) is 37.8 Å². The van der Waals surface area contributed by atoms with Gasteiger partial charge in [-0.1, -0.05) is 25.3 Å². The lowest BCUT2D eigenvalue weighted by Gasteiger charge is -2.24. The van der Waals surface area contributed by atoms with E-state index in [1.807, 2.05) is 18.2 Å². The Morgan fingerprint density at radius 1 is 1.33 bits per heavy atom. The van der Waals surface area contributed by atoms with Crippen LogP contribution in [0.4, 0.5) is 0 Å². The molecule has 0 amide bonds. The largest absolute Gasteiger partial charge is 0.376 e. The number of hydrogen-bond donors (Lipinski definition) is 3. The third-order valence-corrected chi connectivity index (χ3v) is 3.65. The Morgan fingerprint density at radius 2 is 2.14 bits per heavy atom. The van der Waals surface area contributed by atoms with Gasteiger partial charge in [-0.3, -0.25) is 9.98 Å². The molecule has 1 aromatic rings. The summed E-state index contributed by atoms with van der Waals surface area (Å²) in [4.78, 5) is 8.83. The van der Waals surface area contributed by atoms with E-state index in [1.54, 1.807) is 6.20 Å². The average Bonchev–Trinajstić information content (AvgIpc) is 2.49. The molecule has 0 radical (unpaired) electrons. The molecule has 4 N–H and O–H groups in total. The maximum absolute atomic E-state index is 5.57. The summed E-state index contributed by atoms with van der Waals surface area (Å²) >= 11 is 4.92. The minimum absolute atomic E-state index is 0.245. The van der Waals surface area contributed by atoms with Crippen LogP contribution in [-0.4, -0.2) is 28.6 Å². The van der Waals surface area contributed by atoms with E-state index < -0.39 is 0 Å². The third-order valence-electron chi connectivity index (χ3n) is 3.55. The van der Waals surface area contributed by atoms with Gasteiger partial charge in [0.2, 0.25) is 0 Å². The van der Waals surface area contributed by atoms with Crippen molar-refractivity contribution in [1.82, 2.24) is 15.6 Å². The molecule has 21 heavy (non-hydrogen) atoms. The van der Waals surface area contributed by atoms with E-state index in [2.05, 4.69) is 20.6 Å². The SMILES string of the molecule is NC(=S)NC(=NCCc1ccccn1)NC1CCCCC1. The van der Waals surface area contributed by atoms with Crippen molar-refractivity contribution in [3.63, 3.8) is 0 Å². The summed E-state index contributed by atoms with van der Waals surface area (Å²) in [6, 6.07) is 6.37. The first-order valence-corrected chi connectivity index (χ1v) is 7.92. The zero-order valence-electron chi connectivity index (χ0n) is 12.2. The van der Waals surface area contributed by atoms with E-state index in [-0.39, 0.29) is 5.11 Å². The lowest BCUT2D eigenvalue weighted by molar-refractivity contribution is 0.411. The van der Waals surface area contributed by atoms with Crippen molar-refractivity contribution in [2.75, 3.05) is 6.54 Å². The van der Waals surface area contributed by atoms with E-state index in [0.717, 1.165) is 12.1 Å². The molecule has 0 bridgehead atoms. The Bertz CT molecular complexity index is 468. The molecule has 0 aliphatic heterocycles. The van der Waals surface area contributed by atoms with Crippen molar-refractivity contribution in [2.24, 2.45) is 10.7 Å². The maximum atomic E-state index is 5.57.